The van der Waals surface area contributed by atoms with Gasteiger partial charge in [0, 0.05) is 23.7 Å². The van der Waals surface area contributed by atoms with Gasteiger partial charge in [-0.25, -0.2) is 4.39 Å². The minimum absolute atomic E-state index is 0.269. The van der Waals surface area contributed by atoms with E-state index in [1.54, 1.807) is 11.8 Å². The zero-order chi connectivity index (χ0) is 17.2. The van der Waals surface area contributed by atoms with Crippen molar-refractivity contribution in [1.29, 1.82) is 5.26 Å². The van der Waals surface area contributed by atoms with E-state index in [-0.39, 0.29) is 11.1 Å². The van der Waals surface area contributed by atoms with Crippen LogP contribution < -0.4 is 10.9 Å². The topological polar surface area (TPSA) is 74.9 Å². The number of carbonyl (C=O) groups is 1. The van der Waals surface area contributed by atoms with Crippen molar-refractivity contribution in [1.82, 2.24) is 9.88 Å². The number of nitrogens with zero attached hydrogens (tertiary/aromatic N) is 2. The van der Waals surface area contributed by atoms with E-state index < -0.39 is 17.3 Å². The van der Waals surface area contributed by atoms with Crippen molar-refractivity contribution >= 4 is 17.7 Å². The van der Waals surface area contributed by atoms with Gasteiger partial charge in [0.15, 0.2) is 0 Å². The number of pyridine rings is 1. The Morgan fingerprint density at radius 1 is 1.29 bits per heavy atom. The number of thioether (sulfide) groups is 1. The van der Waals surface area contributed by atoms with Gasteiger partial charge in [-0.2, -0.15) is 17.0 Å². The molecule has 0 radical (unpaired) electrons. The van der Waals surface area contributed by atoms with E-state index in [2.05, 4.69) is 11.4 Å². The molecule has 1 aromatic carbocycles. The zero-order valence-electron chi connectivity index (χ0n) is 12.7. The number of nitriles is 1. The molecule has 2 heterocycles. The fourth-order valence-corrected chi connectivity index (χ4v) is 3.76. The highest BCUT2D eigenvalue weighted by molar-refractivity contribution is 7.99. The molecule has 122 valence electrons. The molecule has 1 saturated heterocycles. The third-order valence-electron chi connectivity index (χ3n) is 3.87. The van der Waals surface area contributed by atoms with Gasteiger partial charge in [0.05, 0.1) is 11.6 Å². The standard InChI is InChI=1S/C17H14FN3O2S/c18-13-2-4-14(5-3-13)21-9-12(1-6-15(21)22)16(23)20-17(10-19)7-8-24-11-17/h1-6,9H,7-8,11H2,(H,20,23)/t17-/m1/s1. The van der Waals surface area contributed by atoms with Gasteiger partial charge < -0.3 is 5.32 Å². The Labute approximate surface area is 142 Å². The maximum absolute atomic E-state index is 13.0. The molecule has 0 saturated carbocycles. The molecule has 0 unspecified atom stereocenters. The van der Waals surface area contributed by atoms with E-state index in [9.17, 15) is 19.2 Å². The van der Waals surface area contributed by atoms with Crippen LogP contribution >= 0.6 is 11.8 Å². The number of rotatable bonds is 3. The SMILES string of the molecule is N#C[C@]1(NC(=O)c2ccc(=O)n(-c3ccc(F)cc3)c2)CCSC1. The molecular weight excluding hydrogens is 329 g/mol. The van der Waals surface area contributed by atoms with Crippen molar-refractivity contribution in [2.45, 2.75) is 12.0 Å². The maximum Gasteiger partial charge on any atom is 0.255 e. The molecule has 1 aliphatic heterocycles. The van der Waals surface area contributed by atoms with Gasteiger partial charge in [0.1, 0.15) is 11.4 Å². The number of halogens is 1. The lowest BCUT2D eigenvalue weighted by Crippen LogP contribution is -2.47. The molecule has 24 heavy (non-hydrogen) atoms. The highest BCUT2D eigenvalue weighted by atomic mass is 32.2. The van der Waals surface area contributed by atoms with Gasteiger partial charge in [0.2, 0.25) is 0 Å². The van der Waals surface area contributed by atoms with Crippen LogP contribution in [-0.4, -0.2) is 27.5 Å². The summed E-state index contributed by atoms with van der Waals surface area (Å²) in [6.45, 7) is 0. The number of hydrogen-bond acceptors (Lipinski definition) is 4. The van der Waals surface area contributed by atoms with E-state index in [0.717, 1.165) is 5.75 Å². The highest BCUT2D eigenvalue weighted by Crippen LogP contribution is 2.27. The average Bonchev–Trinajstić information content (AvgIpc) is 3.05. The molecule has 5 nitrogen and oxygen atoms in total. The van der Waals surface area contributed by atoms with E-state index in [4.69, 9.17) is 0 Å². The minimum Gasteiger partial charge on any atom is -0.333 e. The molecule has 0 bridgehead atoms. The molecular formula is C17H14FN3O2S. The first kappa shape index (κ1) is 16.3. The first-order chi connectivity index (χ1) is 11.5. The van der Waals surface area contributed by atoms with Crippen molar-refractivity contribution in [3.8, 4) is 11.8 Å². The lowest BCUT2D eigenvalue weighted by Gasteiger charge is -2.21. The molecule has 7 heteroatoms. The summed E-state index contributed by atoms with van der Waals surface area (Å²) < 4.78 is 14.3. The summed E-state index contributed by atoms with van der Waals surface area (Å²) in [5, 5.41) is 12.1. The summed E-state index contributed by atoms with van der Waals surface area (Å²) in [6.07, 6.45) is 2.00. The van der Waals surface area contributed by atoms with Crippen LogP contribution in [0.25, 0.3) is 5.69 Å². The second-order valence-corrected chi connectivity index (χ2v) is 6.66. The van der Waals surface area contributed by atoms with Crippen molar-refractivity contribution < 1.29 is 9.18 Å². The Morgan fingerprint density at radius 2 is 2.04 bits per heavy atom. The van der Waals surface area contributed by atoms with Crippen molar-refractivity contribution in [3.05, 3.63) is 64.3 Å². The molecule has 1 N–H and O–H groups in total. The summed E-state index contributed by atoms with van der Waals surface area (Å²) >= 11 is 1.62. The van der Waals surface area contributed by atoms with E-state index in [0.29, 0.717) is 17.9 Å². The summed E-state index contributed by atoms with van der Waals surface area (Å²) in [7, 11) is 0. The number of benzene rings is 1. The van der Waals surface area contributed by atoms with Crippen LogP contribution in [0.15, 0.2) is 47.4 Å². The molecule has 1 atom stereocenters. The monoisotopic (exact) mass is 343 g/mol. The third kappa shape index (κ3) is 3.19. The van der Waals surface area contributed by atoms with Crippen LogP contribution in [-0.2, 0) is 0 Å². The Bertz CT molecular complexity index is 865. The molecule has 1 fully saturated rings. The first-order valence-corrected chi connectivity index (χ1v) is 8.49. The third-order valence-corrected chi connectivity index (χ3v) is 5.06. The number of nitrogens with one attached hydrogen (secondary N) is 1. The summed E-state index contributed by atoms with van der Waals surface area (Å²) in [5.74, 6) is 0.556. The van der Waals surface area contributed by atoms with Gasteiger partial charge in [-0.1, -0.05) is 0 Å². The predicted octanol–water partition coefficient (Wildman–Crippen LogP) is 2.11. The number of hydrogen-bond donors (Lipinski definition) is 1. The number of amides is 1. The van der Waals surface area contributed by atoms with Gasteiger partial charge in [-0.05, 0) is 42.5 Å². The Morgan fingerprint density at radius 3 is 2.67 bits per heavy atom. The van der Waals surface area contributed by atoms with Crippen LogP contribution in [0.3, 0.4) is 0 Å². The van der Waals surface area contributed by atoms with Gasteiger partial charge in [-0.3, -0.25) is 14.2 Å². The number of aromatic nitrogens is 1. The lowest BCUT2D eigenvalue weighted by molar-refractivity contribution is 0.0925. The predicted molar refractivity (Wildman–Crippen MR) is 89.7 cm³/mol. The normalized spacial score (nSPS) is 19.7. The maximum atomic E-state index is 13.0. The smallest absolute Gasteiger partial charge is 0.255 e. The quantitative estimate of drug-likeness (QED) is 0.926. The van der Waals surface area contributed by atoms with Crippen LogP contribution in [0.2, 0.25) is 0 Å². The molecule has 3 rings (SSSR count). The van der Waals surface area contributed by atoms with E-state index in [1.807, 2.05) is 0 Å². The molecule has 1 aromatic heterocycles. The average molecular weight is 343 g/mol. The fourth-order valence-electron chi connectivity index (χ4n) is 2.49. The van der Waals surface area contributed by atoms with Crippen molar-refractivity contribution in [2.75, 3.05) is 11.5 Å². The van der Waals surface area contributed by atoms with Crippen LogP contribution in [0.5, 0.6) is 0 Å². The van der Waals surface area contributed by atoms with E-state index >= 15 is 0 Å². The molecule has 1 amide bonds. The molecule has 0 aliphatic carbocycles. The molecule has 1 aliphatic rings. The van der Waals surface area contributed by atoms with Crippen LogP contribution in [0, 0.1) is 17.1 Å². The summed E-state index contributed by atoms with van der Waals surface area (Å²) in [4.78, 5) is 24.5. The van der Waals surface area contributed by atoms with Gasteiger partial charge in [0.25, 0.3) is 11.5 Å². The Kier molecular flexibility index (Phi) is 4.40. The lowest BCUT2D eigenvalue weighted by atomic mass is 10.0. The Balaban J connectivity index is 1.91. The summed E-state index contributed by atoms with van der Waals surface area (Å²) in [6, 6.07) is 10.3. The van der Waals surface area contributed by atoms with Gasteiger partial charge in [-0.15, -0.1) is 0 Å². The number of carbonyl (C=O) groups excluding carboxylic acids is 1. The second-order valence-electron chi connectivity index (χ2n) is 5.55. The summed E-state index contributed by atoms with van der Waals surface area (Å²) in [5.41, 5.74) is -0.462. The van der Waals surface area contributed by atoms with Crippen LogP contribution in [0.1, 0.15) is 16.8 Å². The first-order valence-electron chi connectivity index (χ1n) is 7.33. The minimum atomic E-state index is -0.863. The molecule has 2 aromatic rings. The van der Waals surface area contributed by atoms with E-state index in [1.165, 1.54) is 47.2 Å². The molecule has 0 spiro atoms. The van der Waals surface area contributed by atoms with Gasteiger partial charge >= 0.3 is 0 Å². The van der Waals surface area contributed by atoms with Crippen LogP contribution in [0.4, 0.5) is 4.39 Å². The Hall–Kier alpha value is -2.59. The zero-order valence-corrected chi connectivity index (χ0v) is 13.5. The van der Waals surface area contributed by atoms with Crippen molar-refractivity contribution in [3.63, 3.8) is 0 Å². The largest absolute Gasteiger partial charge is 0.333 e. The highest BCUT2D eigenvalue weighted by Gasteiger charge is 2.36. The second kappa shape index (κ2) is 6.49. The van der Waals surface area contributed by atoms with Crippen molar-refractivity contribution in [2.24, 2.45) is 0 Å². The fraction of sp³-hybridized carbons (Fsp3) is 0.235.